The topological polar surface area (TPSA) is 151 Å². The van der Waals surface area contributed by atoms with Crippen LogP contribution in [0.1, 0.15) is 38.4 Å². The Hall–Kier alpha value is -4.10. The van der Waals surface area contributed by atoms with Crippen LogP contribution in [0.15, 0.2) is 59.5 Å². The van der Waals surface area contributed by atoms with E-state index in [1.807, 2.05) is 0 Å². The molecule has 0 radical (unpaired) electrons. The van der Waals surface area contributed by atoms with E-state index >= 15 is 0 Å². The van der Waals surface area contributed by atoms with Gasteiger partial charge in [-0.15, -0.1) is 0 Å². The minimum absolute atomic E-state index is 0.0342. The lowest BCUT2D eigenvalue weighted by Crippen LogP contribution is -2.61. The Morgan fingerprint density at radius 3 is 2.49 bits per heavy atom. The maximum absolute atomic E-state index is 14.2. The van der Waals surface area contributed by atoms with Gasteiger partial charge in [0.1, 0.15) is 30.0 Å². The first-order valence-electron chi connectivity index (χ1n) is 13.2. The number of methoxy groups -OCH3 is 1. The third-order valence-electron chi connectivity index (χ3n) is 6.86. The van der Waals surface area contributed by atoms with Crippen molar-refractivity contribution in [1.29, 1.82) is 0 Å². The highest BCUT2D eigenvalue weighted by atomic mass is 31.2. The molecule has 15 heteroatoms. The fraction of sp³-hybridized carbons (Fsp3) is 0.321. The number of halogens is 2. The van der Waals surface area contributed by atoms with Gasteiger partial charge in [-0.25, -0.2) is 8.78 Å². The second-order valence-electron chi connectivity index (χ2n) is 9.82. The van der Waals surface area contributed by atoms with E-state index in [4.69, 9.17) is 9.47 Å². The molecule has 0 saturated heterocycles. The molecule has 0 aliphatic carbocycles. The highest BCUT2D eigenvalue weighted by Crippen LogP contribution is 2.35. The molecule has 3 N–H and O–H groups in total. The van der Waals surface area contributed by atoms with Crippen molar-refractivity contribution in [1.82, 2.24) is 14.9 Å². The Bertz CT molecular complexity index is 1600. The first-order chi connectivity index (χ1) is 20.4. The summed E-state index contributed by atoms with van der Waals surface area (Å²) in [7, 11) is -1.59. The summed E-state index contributed by atoms with van der Waals surface area (Å²) in [4.78, 5) is 61.2. The van der Waals surface area contributed by atoms with E-state index in [0.717, 1.165) is 18.3 Å². The van der Waals surface area contributed by atoms with Gasteiger partial charge in [0.15, 0.2) is 11.4 Å². The second kappa shape index (κ2) is 13.5. The smallest absolute Gasteiger partial charge is 0.327 e. The Labute approximate surface area is 245 Å². The zero-order valence-corrected chi connectivity index (χ0v) is 24.3. The lowest BCUT2D eigenvalue weighted by Gasteiger charge is -2.45. The van der Waals surface area contributed by atoms with Crippen LogP contribution in [0.4, 0.5) is 8.78 Å². The van der Waals surface area contributed by atoms with Crippen LogP contribution < -0.4 is 20.5 Å². The molecule has 3 aromatic rings. The molecular formula is C28H31F2N4O8P. The lowest BCUT2D eigenvalue weighted by molar-refractivity contribution is 0.0573. The van der Waals surface area contributed by atoms with Crippen LogP contribution in [-0.2, 0) is 22.5 Å². The van der Waals surface area contributed by atoms with E-state index in [1.165, 1.54) is 28.7 Å². The summed E-state index contributed by atoms with van der Waals surface area (Å²) < 4.78 is 51.6. The summed E-state index contributed by atoms with van der Waals surface area (Å²) >= 11 is 0. The van der Waals surface area contributed by atoms with Gasteiger partial charge in [-0.05, 0) is 11.6 Å². The molecule has 0 unspecified atom stereocenters. The van der Waals surface area contributed by atoms with Crippen LogP contribution in [0.25, 0.3) is 0 Å². The predicted octanol–water partition coefficient (Wildman–Crippen LogP) is 2.20. The quantitative estimate of drug-likeness (QED) is 0.259. The first-order valence-corrected chi connectivity index (χ1v) is 15.0. The molecule has 4 rings (SSSR count). The number of hydrogen-bond donors (Lipinski definition) is 3. The highest BCUT2D eigenvalue weighted by molar-refractivity contribution is 7.51. The number of aromatic nitrogens is 1. The van der Waals surface area contributed by atoms with Gasteiger partial charge in [0.2, 0.25) is 5.43 Å². The minimum atomic E-state index is -4.51. The number of carbonyl (C=O) groups is 2. The number of ether oxygens (including phenoxy) is 2. The summed E-state index contributed by atoms with van der Waals surface area (Å²) in [6.07, 6.45) is -0.0688. The molecule has 43 heavy (non-hydrogen) atoms. The standard InChI is InChI=1S/C28H31F2N4O8P/c1-32-23(10-12-41-2)33(11-13-43(38,39)40)34-16-21(27(36)31-15-19-8-9-20(29)14-22(19)30)25(35)26(24(34)28(32)37)42-17-18-6-4-3-5-7-18/h3-9,14,16,23H,10-13,15,17H2,1-2H3,(H,31,36)(H2,38,39,40)/t23-/m0/s1. The molecule has 0 spiro atoms. The number of carbonyl (C=O) groups excluding carboxylic acids is 2. The summed E-state index contributed by atoms with van der Waals surface area (Å²) in [5, 5.41) is 3.88. The van der Waals surface area contributed by atoms with Crippen molar-refractivity contribution >= 4 is 19.4 Å². The number of benzene rings is 2. The first kappa shape index (κ1) is 31.8. The maximum atomic E-state index is 14.2. The van der Waals surface area contributed by atoms with Gasteiger partial charge in [-0.3, -0.25) is 28.6 Å². The summed E-state index contributed by atoms with van der Waals surface area (Å²) in [6, 6.07) is 11.6. The van der Waals surface area contributed by atoms with E-state index in [1.54, 1.807) is 30.3 Å². The molecule has 2 heterocycles. The van der Waals surface area contributed by atoms with Crippen LogP contribution in [0.5, 0.6) is 5.75 Å². The van der Waals surface area contributed by atoms with Gasteiger partial charge >= 0.3 is 7.60 Å². The normalized spacial score (nSPS) is 14.9. The molecule has 0 saturated carbocycles. The minimum Gasteiger partial charge on any atom is -0.482 e. The molecular weight excluding hydrogens is 589 g/mol. The number of nitrogens with zero attached hydrogens (tertiary/aromatic N) is 3. The molecule has 1 aromatic heterocycles. The molecule has 1 atom stereocenters. The number of fused-ring (bicyclic) bond motifs is 1. The van der Waals surface area contributed by atoms with E-state index in [9.17, 15) is 37.5 Å². The van der Waals surface area contributed by atoms with Crippen molar-refractivity contribution in [2.24, 2.45) is 0 Å². The highest BCUT2D eigenvalue weighted by Gasteiger charge is 2.40. The van der Waals surface area contributed by atoms with Gasteiger partial charge in [0.05, 0.1) is 6.16 Å². The Morgan fingerprint density at radius 2 is 1.84 bits per heavy atom. The average Bonchev–Trinajstić information content (AvgIpc) is 2.96. The van der Waals surface area contributed by atoms with Crippen molar-refractivity contribution < 1.29 is 42.2 Å². The molecule has 2 aromatic carbocycles. The largest absolute Gasteiger partial charge is 0.482 e. The van der Waals surface area contributed by atoms with Crippen LogP contribution in [0, 0.1) is 11.6 Å². The number of amides is 2. The summed E-state index contributed by atoms with van der Waals surface area (Å²) in [6.45, 7) is -0.613. The average molecular weight is 621 g/mol. The second-order valence-corrected chi connectivity index (χ2v) is 11.6. The van der Waals surface area contributed by atoms with Crippen LogP contribution in [0.2, 0.25) is 0 Å². The summed E-state index contributed by atoms with van der Waals surface area (Å²) in [5.41, 5.74) is -1.02. The zero-order valence-electron chi connectivity index (χ0n) is 23.4. The van der Waals surface area contributed by atoms with Crippen molar-refractivity contribution in [3.05, 3.63) is 99.0 Å². The van der Waals surface area contributed by atoms with E-state index in [0.29, 0.717) is 11.6 Å². The summed E-state index contributed by atoms with van der Waals surface area (Å²) in [5.74, 6) is -3.72. The fourth-order valence-electron chi connectivity index (χ4n) is 4.64. The van der Waals surface area contributed by atoms with E-state index < -0.39 is 60.1 Å². The third-order valence-corrected chi connectivity index (χ3v) is 7.65. The molecule has 1 aliphatic rings. The van der Waals surface area contributed by atoms with Crippen LogP contribution in [-0.4, -0.2) is 70.8 Å². The molecule has 0 fully saturated rings. The Morgan fingerprint density at radius 1 is 1.12 bits per heavy atom. The zero-order chi connectivity index (χ0) is 31.3. The van der Waals surface area contributed by atoms with Crippen molar-refractivity contribution in [2.75, 3.05) is 38.5 Å². The van der Waals surface area contributed by atoms with Gasteiger partial charge in [0.25, 0.3) is 11.8 Å². The molecule has 1 aliphatic heterocycles. The van der Waals surface area contributed by atoms with Gasteiger partial charge in [-0.1, -0.05) is 36.4 Å². The monoisotopic (exact) mass is 620 g/mol. The van der Waals surface area contributed by atoms with Gasteiger partial charge < -0.3 is 29.5 Å². The maximum Gasteiger partial charge on any atom is 0.327 e. The molecule has 230 valence electrons. The molecule has 2 amide bonds. The Balaban J connectivity index is 1.82. The molecule has 12 nitrogen and oxygen atoms in total. The lowest BCUT2D eigenvalue weighted by atomic mass is 10.1. The predicted molar refractivity (Wildman–Crippen MR) is 151 cm³/mol. The number of pyridine rings is 1. The van der Waals surface area contributed by atoms with Crippen molar-refractivity contribution in [3.8, 4) is 5.75 Å². The van der Waals surface area contributed by atoms with Crippen LogP contribution >= 0.6 is 7.60 Å². The SMILES string of the molecule is COCC[C@H]1N(C)C(=O)c2c(OCc3ccccc3)c(=O)c(C(=O)NCc3ccc(F)cc3F)cn2N1CCP(=O)(O)O. The Kier molecular flexibility index (Phi) is 9.97. The van der Waals surface area contributed by atoms with E-state index in [-0.39, 0.29) is 44.0 Å². The fourth-order valence-corrected chi connectivity index (χ4v) is 5.11. The van der Waals surface area contributed by atoms with Crippen molar-refractivity contribution in [3.63, 3.8) is 0 Å². The van der Waals surface area contributed by atoms with Gasteiger partial charge in [-0.2, -0.15) is 0 Å². The number of hydrogen-bond acceptors (Lipinski definition) is 7. The third kappa shape index (κ3) is 7.46. The van der Waals surface area contributed by atoms with Crippen LogP contribution in [0.3, 0.4) is 0 Å². The molecule has 0 bridgehead atoms. The van der Waals surface area contributed by atoms with Crippen molar-refractivity contribution in [2.45, 2.75) is 25.7 Å². The van der Waals surface area contributed by atoms with E-state index in [2.05, 4.69) is 5.32 Å². The number of rotatable bonds is 12. The number of nitrogens with one attached hydrogen (secondary N) is 1. The van der Waals surface area contributed by atoms with Gasteiger partial charge in [0, 0.05) is 58.1 Å².